The standard InChI is InChI=1S/C30H22ClNO/c31-23-15-19-25(20-16-23)32(24-17-13-22(14-18-24)21-7-2-1-3-8-21)28-11-6-10-27-26-9-4-5-12-29(26)33-30(27)28/h1-17,19-20,24H,18H2. The number of anilines is 2. The van der Waals surface area contributed by atoms with Gasteiger partial charge in [0.1, 0.15) is 5.58 Å². The maximum Gasteiger partial charge on any atom is 0.159 e. The molecule has 0 saturated carbocycles. The predicted octanol–water partition coefficient (Wildman–Crippen LogP) is 8.79. The maximum atomic E-state index is 6.38. The van der Waals surface area contributed by atoms with E-state index in [2.05, 4.69) is 95.9 Å². The molecule has 5 aromatic rings. The van der Waals surface area contributed by atoms with Crippen LogP contribution in [0.3, 0.4) is 0 Å². The number of benzene rings is 4. The first-order valence-corrected chi connectivity index (χ1v) is 11.5. The molecule has 0 radical (unpaired) electrons. The molecule has 2 nitrogen and oxygen atoms in total. The normalized spacial score (nSPS) is 15.7. The monoisotopic (exact) mass is 447 g/mol. The van der Waals surface area contributed by atoms with E-state index in [-0.39, 0.29) is 6.04 Å². The van der Waals surface area contributed by atoms with E-state index in [0.717, 1.165) is 44.8 Å². The molecule has 0 amide bonds. The summed E-state index contributed by atoms with van der Waals surface area (Å²) in [6.07, 6.45) is 7.73. The van der Waals surface area contributed by atoms with Gasteiger partial charge in [-0.05, 0) is 54.0 Å². The zero-order chi connectivity index (χ0) is 22.2. The summed E-state index contributed by atoms with van der Waals surface area (Å²) < 4.78 is 6.38. The second-order valence-corrected chi connectivity index (χ2v) is 8.72. The van der Waals surface area contributed by atoms with Crippen LogP contribution in [0, 0.1) is 0 Å². The van der Waals surface area contributed by atoms with Crippen molar-refractivity contribution in [2.24, 2.45) is 0 Å². The van der Waals surface area contributed by atoms with Crippen LogP contribution < -0.4 is 4.90 Å². The highest BCUT2D eigenvalue weighted by atomic mass is 35.5. The number of para-hydroxylation sites is 2. The van der Waals surface area contributed by atoms with E-state index >= 15 is 0 Å². The fraction of sp³-hybridized carbons (Fsp3) is 0.0667. The summed E-state index contributed by atoms with van der Waals surface area (Å²) in [5.74, 6) is 0. The molecular formula is C30H22ClNO. The predicted molar refractivity (Wildman–Crippen MR) is 139 cm³/mol. The minimum absolute atomic E-state index is 0.150. The van der Waals surface area contributed by atoms with Crippen LogP contribution in [-0.2, 0) is 0 Å². The quantitative estimate of drug-likeness (QED) is 0.273. The Bertz CT molecular complexity index is 1500. The molecular weight excluding hydrogens is 426 g/mol. The molecule has 0 bridgehead atoms. The fourth-order valence-electron chi connectivity index (χ4n) is 4.68. The van der Waals surface area contributed by atoms with Gasteiger partial charge in [0.2, 0.25) is 0 Å². The van der Waals surface area contributed by atoms with Crippen molar-refractivity contribution in [2.75, 3.05) is 4.90 Å². The first-order valence-electron chi connectivity index (χ1n) is 11.2. The maximum absolute atomic E-state index is 6.38. The first kappa shape index (κ1) is 19.9. The highest BCUT2D eigenvalue weighted by Crippen LogP contribution is 2.40. The number of nitrogens with zero attached hydrogens (tertiary/aromatic N) is 1. The third-order valence-electron chi connectivity index (χ3n) is 6.26. The lowest BCUT2D eigenvalue weighted by Gasteiger charge is -2.33. The number of hydrogen-bond donors (Lipinski definition) is 0. The number of halogens is 1. The van der Waals surface area contributed by atoms with Gasteiger partial charge in [0, 0.05) is 21.5 Å². The number of fused-ring (bicyclic) bond motifs is 3. The van der Waals surface area contributed by atoms with Crippen molar-refractivity contribution in [3.63, 3.8) is 0 Å². The third kappa shape index (κ3) is 3.63. The molecule has 1 heterocycles. The molecule has 1 atom stereocenters. The Morgan fingerprint density at radius 2 is 1.52 bits per heavy atom. The second-order valence-electron chi connectivity index (χ2n) is 8.29. The highest BCUT2D eigenvalue weighted by Gasteiger charge is 2.24. The Hall–Kier alpha value is -3.75. The summed E-state index contributed by atoms with van der Waals surface area (Å²) in [4.78, 5) is 2.36. The molecule has 4 aromatic carbocycles. The first-order chi connectivity index (χ1) is 16.3. The number of allylic oxidation sites excluding steroid dienone is 2. The smallest absolute Gasteiger partial charge is 0.159 e. The van der Waals surface area contributed by atoms with Gasteiger partial charge in [-0.15, -0.1) is 0 Å². The molecule has 6 rings (SSSR count). The van der Waals surface area contributed by atoms with Crippen LogP contribution in [0.2, 0.25) is 5.02 Å². The van der Waals surface area contributed by atoms with E-state index < -0.39 is 0 Å². The van der Waals surface area contributed by atoms with Crippen LogP contribution in [0.1, 0.15) is 12.0 Å². The van der Waals surface area contributed by atoms with Gasteiger partial charge in [0.05, 0.1) is 11.7 Å². The Labute approximate surface area is 198 Å². The molecule has 1 aromatic heterocycles. The van der Waals surface area contributed by atoms with Crippen molar-refractivity contribution in [2.45, 2.75) is 12.5 Å². The topological polar surface area (TPSA) is 16.4 Å². The molecule has 0 aliphatic heterocycles. The van der Waals surface area contributed by atoms with E-state index in [4.69, 9.17) is 16.0 Å². The van der Waals surface area contributed by atoms with Crippen LogP contribution in [0.25, 0.3) is 27.5 Å². The van der Waals surface area contributed by atoms with Gasteiger partial charge in [-0.2, -0.15) is 0 Å². The summed E-state index contributed by atoms with van der Waals surface area (Å²) in [7, 11) is 0. The lowest BCUT2D eigenvalue weighted by Crippen LogP contribution is -2.30. The van der Waals surface area contributed by atoms with Crippen molar-refractivity contribution in [1.29, 1.82) is 0 Å². The van der Waals surface area contributed by atoms with E-state index in [1.165, 1.54) is 11.1 Å². The minimum atomic E-state index is 0.150. The van der Waals surface area contributed by atoms with Gasteiger partial charge in [0.15, 0.2) is 5.58 Å². The molecule has 160 valence electrons. The van der Waals surface area contributed by atoms with Crippen LogP contribution in [0.15, 0.2) is 120 Å². The minimum Gasteiger partial charge on any atom is -0.454 e. The van der Waals surface area contributed by atoms with Gasteiger partial charge >= 0.3 is 0 Å². The van der Waals surface area contributed by atoms with Crippen molar-refractivity contribution >= 4 is 50.5 Å². The molecule has 33 heavy (non-hydrogen) atoms. The number of rotatable bonds is 4. The van der Waals surface area contributed by atoms with Crippen molar-refractivity contribution in [3.05, 3.63) is 126 Å². The zero-order valence-electron chi connectivity index (χ0n) is 18.0. The molecule has 1 unspecified atom stereocenters. The van der Waals surface area contributed by atoms with Crippen molar-refractivity contribution in [3.8, 4) is 0 Å². The van der Waals surface area contributed by atoms with Crippen molar-refractivity contribution in [1.82, 2.24) is 0 Å². The van der Waals surface area contributed by atoms with Crippen LogP contribution in [0.4, 0.5) is 11.4 Å². The van der Waals surface area contributed by atoms with Gasteiger partial charge < -0.3 is 9.32 Å². The highest BCUT2D eigenvalue weighted by molar-refractivity contribution is 6.30. The lowest BCUT2D eigenvalue weighted by atomic mass is 9.95. The molecule has 0 fully saturated rings. The van der Waals surface area contributed by atoms with Crippen LogP contribution in [-0.4, -0.2) is 6.04 Å². The van der Waals surface area contributed by atoms with Gasteiger partial charge in [-0.1, -0.05) is 90.5 Å². The Kier molecular flexibility index (Phi) is 5.01. The summed E-state index contributed by atoms with van der Waals surface area (Å²) in [6.45, 7) is 0. The zero-order valence-corrected chi connectivity index (χ0v) is 18.7. The van der Waals surface area contributed by atoms with Gasteiger partial charge in [-0.3, -0.25) is 0 Å². The van der Waals surface area contributed by atoms with E-state index in [9.17, 15) is 0 Å². The molecule has 0 spiro atoms. The summed E-state index contributed by atoms with van der Waals surface area (Å²) in [5, 5.41) is 2.99. The number of furan rings is 1. The number of hydrogen-bond acceptors (Lipinski definition) is 2. The lowest BCUT2D eigenvalue weighted by molar-refractivity contribution is 0.664. The average Bonchev–Trinajstić information content (AvgIpc) is 3.26. The van der Waals surface area contributed by atoms with Crippen molar-refractivity contribution < 1.29 is 4.42 Å². The molecule has 1 aliphatic carbocycles. The van der Waals surface area contributed by atoms with E-state index in [0.29, 0.717) is 0 Å². The van der Waals surface area contributed by atoms with Crippen LogP contribution >= 0.6 is 11.6 Å². The van der Waals surface area contributed by atoms with E-state index in [1.54, 1.807) is 0 Å². The summed E-state index contributed by atoms with van der Waals surface area (Å²) >= 11 is 6.22. The summed E-state index contributed by atoms with van der Waals surface area (Å²) in [6, 6.07) is 33.3. The SMILES string of the molecule is Clc1ccc(N(c2cccc3c2oc2ccccc23)C2C=CC(c3ccccc3)=CC2)cc1. The van der Waals surface area contributed by atoms with Gasteiger partial charge in [-0.25, -0.2) is 0 Å². The average molecular weight is 448 g/mol. The van der Waals surface area contributed by atoms with Gasteiger partial charge in [0.25, 0.3) is 0 Å². The van der Waals surface area contributed by atoms with Crippen LogP contribution in [0.5, 0.6) is 0 Å². The third-order valence-corrected chi connectivity index (χ3v) is 6.52. The molecule has 1 aliphatic rings. The molecule has 0 N–H and O–H groups in total. The largest absolute Gasteiger partial charge is 0.454 e. The Balaban J connectivity index is 1.47. The summed E-state index contributed by atoms with van der Waals surface area (Å²) in [5.41, 5.74) is 6.44. The Morgan fingerprint density at radius 1 is 0.758 bits per heavy atom. The Morgan fingerprint density at radius 3 is 2.30 bits per heavy atom. The molecule has 0 saturated heterocycles. The fourth-order valence-corrected chi connectivity index (χ4v) is 4.80. The second kappa shape index (κ2) is 8.31. The van der Waals surface area contributed by atoms with E-state index in [1.807, 2.05) is 24.3 Å². The molecule has 3 heteroatoms.